The normalized spacial score (nSPS) is 15.9. The number of benzene rings is 7. The first-order chi connectivity index (χ1) is 35.9. The highest BCUT2D eigenvalue weighted by Gasteiger charge is 2.44. The minimum absolute atomic E-state index is 0.00205. The number of methoxy groups -OCH3 is 1. The molecule has 9 rings (SSSR count). The molecule has 2 N–H and O–H groups in total. The van der Waals surface area contributed by atoms with Gasteiger partial charge in [-0.05, 0) is 88.9 Å². The molecule has 0 saturated carbocycles. The molecule has 1 fully saturated rings. The smallest absolute Gasteiger partial charge is 0.250 e. The van der Waals surface area contributed by atoms with Crippen LogP contribution in [0.4, 0.5) is 4.39 Å². The van der Waals surface area contributed by atoms with E-state index >= 15 is 0 Å². The zero-order chi connectivity index (χ0) is 50.3. The summed E-state index contributed by atoms with van der Waals surface area (Å²) >= 11 is 3.76. The van der Waals surface area contributed by atoms with Crippen LogP contribution in [0.3, 0.4) is 0 Å². The number of carbonyl (C=O) groups is 2. The van der Waals surface area contributed by atoms with Gasteiger partial charge in [0.1, 0.15) is 12.5 Å². The summed E-state index contributed by atoms with van der Waals surface area (Å²) in [4.78, 5) is 33.1. The number of hydrogen-bond acceptors (Lipinski definition) is 7. The molecule has 2 bridgehead atoms. The Morgan fingerprint density at radius 3 is 1.51 bits per heavy atom. The number of hydrogen-bond donors (Lipinski definition) is 2. The molecule has 0 aliphatic carbocycles. The van der Waals surface area contributed by atoms with E-state index < -0.39 is 9.49 Å². The van der Waals surface area contributed by atoms with Crippen LogP contribution in [-0.4, -0.2) is 91.8 Å². The van der Waals surface area contributed by atoms with Crippen LogP contribution in [0.15, 0.2) is 212 Å². The second kappa shape index (κ2) is 25.1. The molecular weight excluding hydrogens is 944 g/mol. The van der Waals surface area contributed by atoms with Crippen molar-refractivity contribution >= 4 is 40.9 Å². The fourth-order valence-electron chi connectivity index (χ4n) is 11.1. The summed E-state index contributed by atoms with van der Waals surface area (Å²) in [5.74, 6) is 1.01. The molecule has 0 spiro atoms. The Bertz CT molecular complexity index is 2670. The molecule has 10 heteroatoms. The van der Waals surface area contributed by atoms with Crippen molar-refractivity contribution in [2.75, 3.05) is 58.1 Å². The number of ether oxygens (including phenoxy) is 1. The van der Waals surface area contributed by atoms with Gasteiger partial charge < -0.3 is 15.4 Å². The number of rotatable bonds is 24. The molecule has 1 unspecified atom stereocenters. The largest absolute Gasteiger partial charge is 0.364 e. The summed E-state index contributed by atoms with van der Waals surface area (Å²) in [6.45, 7) is 3.04. The monoisotopic (exact) mass is 1010 g/mol. The van der Waals surface area contributed by atoms with E-state index in [0.717, 1.165) is 48.3 Å². The summed E-state index contributed by atoms with van der Waals surface area (Å²) in [7, 11) is 1.57. The third-order valence-corrected chi connectivity index (χ3v) is 17.4. The van der Waals surface area contributed by atoms with Crippen molar-refractivity contribution in [1.82, 2.24) is 20.4 Å². The van der Waals surface area contributed by atoms with Crippen LogP contribution in [0.2, 0.25) is 0 Å². The highest BCUT2D eigenvalue weighted by Crippen LogP contribution is 2.50. The molecular formula is C63H65FN4O3S2. The standard InChI is InChI=1S/C63H65FN4O3S2/c1-71-47-66-61(70)60-57(48-33-35-55(64)36-34-48)45-56-37-38-58(60)68(56)41-20-40-67(42-44-73-63(52-27-14-5-15-28-52,53-29-16-6-17-30-53)54-31-18-7-19-32-54)46-59(69)65-39-43-72-62(49-21-8-2-9-22-49,50-23-10-3-11-24-50)51-25-12-4-13-26-51/h2-19,21-36,56,58H,20,37-47H2,1H3,(H,65,69)(H,66,70)/t56?,58-/m1/s1. The molecule has 7 aromatic carbocycles. The second-order valence-corrected chi connectivity index (χ2v) is 21.4. The highest BCUT2D eigenvalue weighted by molar-refractivity contribution is 8.00. The number of nitrogens with one attached hydrogen (secondary N) is 2. The summed E-state index contributed by atoms with van der Waals surface area (Å²) < 4.78 is 18.4. The van der Waals surface area contributed by atoms with Crippen LogP contribution in [0.1, 0.15) is 64.6 Å². The lowest BCUT2D eigenvalue weighted by molar-refractivity contribution is -0.122. The van der Waals surface area contributed by atoms with E-state index in [0.29, 0.717) is 31.8 Å². The molecule has 374 valence electrons. The van der Waals surface area contributed by atoms with Gasteiger partial charge in [0.15, 0.2) is 0 Å². The van der Waals surface area contributed by atoms with Gasteiger partial charge in [0.2, 0.25) is 5.91 Å². The van der Waals surface area contributed by atoms with Crippen LogP contribution in [-0.2, 0) is 23.8 Å². The van der Waals surface area contributed by atoms with Crippen LogP contribution >= 0.6 is 23.5 Å². The number of halogens is 1. The highest BCUT2D eigenvalue weighted by atomic mass is 32.2. The second-order valence-electron chi connectivity index (χ2n) is 18.8. The fourth-order valence-corrected chi connectivity index (χ4v) is 14.0. The maximum atomic E-state index is 14.3. The summed E-state index contributed by atoms with van der Waals surface area (Å²) in [5.41, 5.74) is 9.81. The maximum absolute atomic E-state index is 14.3. The Labute approximate surface area is 439 Å². The van der Waals surface area contributed by atoms with Gasteiger partial charge in [-0.2, -0.15) is 0 Å². The van der Waals surface area contributed by atoms with Gasteiger partial charge in [0, 0.05) is 55.9 Å². The van der Waals surface area contributed by atoms with Gasteiger partial charge in [-0.3, -0.25) is 19.4 Å². The Kier molecular flexibility index (Phi) is 17.8. The van der Waals surface area contributed by atoms with Crippen LogP contribution in [0.25, 0.3) is 5.57 Å². The minimum Gasteiger partial charge on any atom is -0.364 e. The first-order valence-corrected chi connectivity index (χ1v) is 27.5. The molecule has 7 nitrogen and oxygen atoms in total. The summed E-state index contributed by atoms with van der Waals surface area (Å²) in [6.07, 6.45) is 3.36. The third kappa shape index (κ3) is 11.9. The van der Waals surface area contributed by atoms with E-state index in [4.69, 9.17) is 4.74 Å². The first kappa shape index (κ1) is 51.6. The average Bonchev–Trinajstić information content (AvgIpc) is 3.72. The van der Waals surface area contributed by atoms with Crippen molar-refractivity contribution in [2.45, 2.75) is 47.3 Å². The van der Waals surface area contributed by atoms with Crippen molar-refractivity contribution in [3.63, 3.8) is 0 Å². The topological polar surface area (TPSA) is 73.9 Å². The Hall–Kier alpha value is -6.27. The van der Waals surface area contributed by atoms with E-state index in [1.54, 1.807) is 19.2 Å². The first-order valence-electron chi connectivity index (χ1n) is 25.5. The van der Waals surface area contributed by atoms with Crippen LogP contribution in [0.5, 0.6) is 0 Å². The zero-order valence-electron chi connectivity index (χ0n) is 41.6. The van der Waals surface area contributed by atoms with E-state index in [1.807, 2.05) is 23.5 Å². The molecule has 7 aromatic rings. The summed E-state index contributed by atoms with van der Waals surface area (Å²) in [5, 5.41) is 6.30. The van der Waals surface area contributed by atoms with E-state index in [9.17, 15) is 14.0 Å². The van der Waals surface area contributed by atoms with Crippen LogP contribution < -0.4 is 10.6 Å². The van der Waals surface area contributed by atoms with Gasteiger partial charge in [0.25, 0.3) is 5.91 Å². The predicted octanol–water partition coefficient (Wildman–Crippen LogP) is 11.8. The number of nitrogens with zero attached hydrogens (tertiary/aromatic N) is 2. The lowest BCUT2D eigenvalue weighted by atomic mass is 9.84. The molecule has 0 radical (unpaired) electrons. The maximum Gasteiger partial charge on any atom is 0.250 e. The molecule has 2 amide bonds. The lowest BCUT2D eigenvalue weighted by Gasteiger charge is -2.38. The predicted molar refractivity (Wildman–Crippen MR) is 299 cm³/mol. The molecule has 0 aromatic heterocycles. The zero-order valence-corrected chi connectivity index (χ0v) is 43.2. The minimum atomic E-state index is -0.487. The Balaban J connectivity index is 0.946. The van der Waals surface area contributed by atoms with Crippen LogP contribution in [0, 0.1) is 5.82 Å². The number of fused-ring (bicyclic) bond motifs is 2. The van der Waals surface area contributed by atoms with E-state index in [1.165, 1.54) is 45.5 Å². The third-order valence-electron chi connectivity index (χ3n) is 14.4. The van der Waals surface area contributed by atoms with Crippen molar-refractivity contribution in [3.8, 4) is 0 Å². The van der Waals surface area contributed by atoms with Crippen molar-refractivity contribution in [1.29, 1.82) is 0 Å². The molecule has 73 heavy (non-hydrogen) atoms. The average molecular weight is 1010 g/mol. The van der Waals surface area contributed by atoms with E-state index in [2.05, 4.69) is 202 Å². The van der Waals surface area contributed by atoms with Gasteiger partial charge in [-0.15, -0.1) is 23.5 Å². The fraction of sp³-hybridized carbons (Fsp3) is 0.270. The van der Waals surface area contributed by atoms with Crippen molar-refractivity contribution < 1.29 is 18.7 Å². The summed E-state index contributed by atoms with van der Waals surface area (Å²) in [6, 6.07) is 71.0. The van der Waals surface area contributed by atoms with Gasteiger partial charge >= 0.3 is 0 Å². The number of amides is 2. The van der Waals surface area contributed by atoms with Gasteiger partial charge in [-0.1, -0.05) is 194 Å². The molecule has 2 atom stereocenters. The van der Waals surface area contributed by atoms with Crippen molar-refractivity contribution in [3.05, 3.63) is 257 Å². The molecule has 2 aliphatic heterocycles. The number of carbonyl (C=O) groups excluding carboxylic acids is 2. The van der Waals surface area contributed by atoms with Gasteiger partial charge in [-0.25, -0.2) is 4.39 Å². The molecule has 2 heterocycles. The Morgan fingerprint density at radius 1 is 0.603 bits per heavy atom. The molecule has 1 saturated heterocycles. The van der Waals surface area contributed by atoms with Gasteiger partial charge in [0.05, 0.1) is 16.0 Å². The lowest BCUT2D eigenvalue weighted by Crippen LogP contribution is -2.46. The molecule has 2 aliphatic rings. The van der Waals surface area contributed by atoms with Crippen molar-refractivity contribution in [2.24, 2.45) is 0 Å². The SMILES string of the molecule is COCNC(=O)C1=C(c2ccc(F)cc2)CC2CC[C@H]1N2CCCN(CCSC(c1ccccc1)(c1ccccc1)c1ccccc1)CC(=O)NCCSC(c1ccccc1)(c1ccccc1)c1ccccc1. The van der Waals surface area contributed by atoms with E-state index in [-0.39, 0.29) is 43.0 Å². The quantitative estimate of drug-likeness (QED) is 0.0355. The number of thioether (sulfide) groups is 2. The Morgan fingerprint density at radius 2 is 1.05 bits per heavy atom.